The highest BCUT2D eigenvalue weighted by atomic mass is 35.5. The first kappa shape index (κ1) is 14.5. The molecule has 0 aliphatic carbocycles. The van der Waals surface area contributed by atoms with Crippen molar-refractivity contribution in [3.05, 3.63) is 56.7 Å². The van der Waals surface area contributed by atoms with Gasteiger partial charge in [0.05, 0.1) is 10.4 Å². The van der Waals surface area contributed by atoms with Gasteiger partial charge in [0.1, 0.15) is 0 Å². The molecule has 2 aromatic rings. The maximum absolute atomic E-state index is 6.00. The summed E-state index contributed by atoms with van der Waals surface area (Å²) in [5.41, 5.74) is 8.50. The molecule has 0 saturated heterocycles. The lowest BCUT2D eigenvalue weighted by Gasteiger charge is -2.26. The van der Waals surface area contributed by atoms with Gasteiger partial charge >= 0.3 is 0 Å². The molecule has 0 aliphatic heterocycles. The molecule has 102 valence electrons. The highest BCUT2D eigenvalue weighted by molar-refractivity contribution is 7.16. The first-order chi connectivity index (χ1) is 9.10. The molecule has 0 saturated carbocycles. The van der Waals surface area contributed by atoms with E-state index in [9.17, 15) is 0 Å². The van der Waals surface area contributed by atoms with Gasteiger partial charge < -0.3 is 5.73 Å². The number of halogens is 1. The van der Waals surface area contributed by atoms with E-state index < -0.39 is 0 Å². The Balaban J connectivity index is 2.08. The smallest absolute Gasteiger partial charge is 0.0931 e. The Morgan fingerprint density at radius 3 is 2.42 bits per heavy atom. The van der Waals surface area contributed by atoms with Gasteiger partial charge in [0.25, 0.3) is 0 Å². The van der Waals surface area contributed by atoms with E-state index in [0.717, 1.165) is 10.9 Å². The van der Waals surface area contributed by atoms with Gasteiger partial charge in [0.15, 0.2) is 0 Å². The first-order valence-corrected chi connectivity index (χ1v) is 7.50. The van der Waals surface area contributed by atoms with Crippen LogP contribution in [-0.4, -0.2) is 18.5 Å². The second-order valence-electron chi connectivity index (χ2n) is 4.79. The van der Waals surface area contributed by atoms with Gasteiger partial charge in [-0.3, -0.25) is 4.90 Å². The number of thiophene rings is 1. The molecule has 0 spiro atoms. The first-order valence-electron chi connectivity index (χ1n) is 6.31. The Kier molecular flexibility index (Phi) is 4.99. The molecule has 0 amide bonds. The molecule has 0 fully saturated rings. The maximum atomic E-state index is 6.00. The minimum Gasteiger partial charge on any atom is -0.329 e. The van der Waals surface area contributed by atoms with E-state index in [1.54, 1.807) is 11.3 Å². The predicted octanol–water partition coefficient (Wildman–Crippen LogP) is 3.84. The molecule has 1 atom stereocenters. The van der Waals surface area contributed by atoms with Crippen LogP contribution < -0.4 is 5.73 Å². The van der Waals surface area contributed by atoms with Gasteiger partial charge in [-0.15, -0.1) is 11.3 Å². The molecule has 4 heteroatoms. The van der Waals surface area contributed by atoms with E-state index in [2.05, 4.69) is 49.2 Å². The van der Waals surface area contributed by atoms with Crippen molar-refractivity contribution < 1.29 is 0 Å². The highest BCUT2D eigenvalue weighted by Crippen LogP contribution is 2.30. The standard InChI is InChI=1S/C15H19ClN2S/c1-11-3-5-12(6-4-11)10-18(2)13(9-17)14-7-8-15(16)19-14/h3-8,13H,9-10,17H2,1-2H3. The van der Waals surface area contributed by atoms with Crippen molar-refractivity contribution in [2.45, 2.75) is 19.5 Å². The zero-order chi connectivity index (χ0) is 13.8. The summed E-state index contributed by atoms with van der Waals surface area (Å²) in [4.78, 5) is 3.49. The lowest BCUT2D eigenvalue weighted by molar-refractivity contribution is 0.245. The fraction of sp³-hybridized carbons (Fsp3) is 0.333. The van der Waals surface area contributed by atoms with E-state index >= 15 is 0 Å². The molecular formula is C15H19ClN2S. The molecule has 1 unspecified atom stereocenters. The molecule has 2 N–H and O–H groups in total. The second kappa shape index (κ2) is 6.53. The van der Waals surface area contributed by atoms with Crippen LogP contribution in [0.3, 0.4) is 0 Å². The van der Waals surface area contributed by atoms with Crippen molar-refractivity contribution in [1.29, 1.82) is 0 Å². The molecule has 1 aromatic heterocycles. The molecular weight excluding hydrogens is 276 g/mol. The molecule has 19 heavy (non-hydrogen) atoms. The number of nitrogens with zero attached hydrogens (tertiary/aromatic N) is 1. The molecule has 0 radical (unpaired) electrons. The average molecular weight is 295 g/mol. The summed E-state index contributed by atoms with van der Waals surface area (Å²) in [7, 11) is 2.10. The lowest BCUT2D eigenvalue weighted by atomic mass is 10.1. The number of likely N-dealkylation sites (N-methyl/N-ethyl adjacent to an activating group) is 1. The van der Waals surface area contributed by atoms with Crippen molar-refractivity contribution in [2.24, 2.45) is 5.73 Å². The molecule has 1 heterocycles. The minimum atomic E-state index is 0.221. The monoisotopic (exact) mass is 294 g/mol. The molecule has 1 aromatic carbocycles. The number of hydrogen-bond acceptors (Lipinski definition) is 3. The summed E-state index contributed by atoms with van der Waals surface area (Å²) in [6.45, 7) is 3.58. The Morgan fingerprint density at radius 2 is 1.89 bits per heavy atom. The zero-order valence-electron chi connectivity index (χ0n) is 11.3. The second-order valence-corrected chi connectivity index (χ2v) is 6.54. The predicted molar refractivity (Wildman–Crippen MR) is 83.8 cm³/mol. The van der Waals surface area contributed by atoms with Crippen LogP contribution in [0.5, 0.6) is 0 Å². The average Bonchev–Trinajstić information content (AvgIpc) is 2.80. The Morgan fingerprint density at radius 1 is 1.21 bits per heavy atom. The third kappa shape index (κ3) is 3.80. The minimum absolute atomic E-state index is 0.221. The van der Waals surface area contributed by atoms with Crippen LogP contribution >= 0.6 is 22.9 Å². The van der Waals surface area contributed by atoms with Crippen LogP contribution in [0.15, 0.2) is 36.4 Å². The van der Waals surface area contributed by atoms with E-state index in [0.29, 0.717) is 6.54 Å². The molecule has 0 aliphatic rings. The van der Waals surface area contributed by atoms with Crippen molar-refractivity contribution in [2.75, 3.05) is 13.6 Å². The Labute approximate surface area is 123 Å². The van der Waals surface area contributed by atoms with Crippen LogP contribution in [-0.2, 0) is 6.54 Å². The lowest BCUT2D eigenvalue weighted by Crippen LogP contribution is -2.29. The summed E-state index contributed by atoms with van der Waals surface area (Å²) in [6.07, 6.45) is 0. The van der Waals surface area contributed by atoms with Gasteiger partial charge in [0, 0.05) is 18.0 Å². The van der Waals surface area contributed by atoms with E-state index in [1.165, 1.54) is 16.0 Å². The number of rotatable bonds is 5. The summed E-state index contributed by atoms with van der Waals surface area (Å²) in [5.74, 6) is 0. The fourth-order valence-electron chi connectivity index (χ4n) is 2.11. The molecule has 2 rings (SSSR count). The topological polar surface area (TPSA) is 29.3 Å². The van der Waals surface area contributed by atoms with Crippen molar-refractivity contribution in [1.82, 2.24) is 4.90 Å². The highest BCUT2D eigenvalue weighted by Gasteiger charge is 2.17. The number of hydrogen-bond donors (Lipinski definition) is 1. The summed E-state index contributed by atoms with van der Waals surface area (Å²) < 4.78 is 0.817. The van der Waals surface area contributed by atoms with Gasteiger partial charge in [0.2, 0.25) is 0 Å². The Hall–Kier alpha value is -0.870. The SMILES string of the molecule is Cc1ccc(CN(C)C(CN)c2ccc(Cl)s2)cc1. The number of aryl methyl sites for hydroxylation is 1. The van der Waals surface area contributed by atoms with Gasteiger partial charge in [-0.2, -0.15) is 0 Å². The van der Waals surface area contributed by atoms with Crippen LogP contribution in [0.4, 0.5) is 0 Å². The normalized spacial score (nSPS) is 12.9. The molecule has 0 bridgehead atoms. The van der Waals surface area contributed by atoms with Gasteiger partial charge in [-0.05, 0) is 31.7 Å². The maximum Gasteiger partial charge on any atom is 0.0931 e. The van der Waals surface area contributed by atoms with Crippen molar-refractivity contribution in [3.8, 4) is 0 Å². The van der Waals surface area contributed by atoms with E-state index in [4.69, 9.17) is 17.3 Å². The van der Waals surface area contributed by atoms with Crippen LogP contribution in [0, 0.1) is 6.92 Å². The van der Waals surface area contributed by atoms with Crippen LogP contribution in [0.25, 0.3) is 0 Å². The third-order valence-electron chi connectivity index (χ3n) is 3.23. The largest absolute Gasteiger partial charge is 0.329 e. The van der Waals surface area contributed by atoms with Gasteiger partial charge in [-0.1, -0.05) is 41.4 Å². The molecule has 2 nitrogen and oxygen atoms in total. The summed E-state index contributed by atoms with van der Waals surface area (Å²) >= 11 is 7.61. The third-order valence-corrected chi connectivity index (χ3v) is 4.56. The van der Waals surface area contributed by atoms with Crippen molar-refractivity contribution >= 4 is 22.9 Å². The van der Waals surface area contributed by atoms with Crippen molar-refractivity contribution in [3.63, 3.8) is 0 Å². The summed E-state index contributed by atoms with van der Waals surface area (Å²) in [5, 5.41) is 0. The summed E-state index contributed by atoms with van der Waals surface area (Å²) in [6, 6.07) is 12.8. The van der Waals surface area contributed by atoms with E-state index in [-0.39, 0.29) is 6.04 Å². The van der Waals surface area contributed by atoms with E-state index in [1.807, 2.05) is 6.07 Å². The fourth-order valence-corrected chi connectivity index (χ4v) is 3.35. The van der Waals surface area contributed by atoms with Crippen LogP contribution in [0.1, 0.15) is 22.0 Å². The van der Waals surface area contributed by atoms with Gasteiger partial charge in [-0.25, -0.2) is 0 Å². The quantitative estimate of drug-likeness (QED) is 0.908. The number of nitrogens with two attached hydrogens (primary N) is 1. The Bertz CT molecular complexity index is 521. The number of benzene rings is 1. The zero-order valence-corrected chi connectivity index (χ0v) is 12.8. The van der Waals surface area contributed by atoms with Crippen LogP contribution in [0.2, 0.25) is 4.34 Å².